The van der Waals surface area contributed by atoms with Crippen molar-refractivity contribution in [1.29, 1.82) is 0 Å². The highest BCUT2D eigenvalue weighted by atomic mass is 35.5. The van der Waals surface area contributed by atoms with Gasteiger partial charge in [-0.25, -0.2) is 12.8 Å². The van der Waals surface area contributed by atoms with Crippen LogP contribution in [0.25, 0.3) is 0 Å². The number of hydrogen-bond donors (Lipinski definition) is 2. The highest BCUT2D eigenvalue weighted by Crippen LogP contribution is 2.26. The van der Waals surface area contributed by atoms with Gasteiger partial charge in [-0.2, -0.15) is 0 Å². The number of anilines is 1. The second-order valence-corrected chi connectivity index (χ2v) is 10.4. The summed E-state index contributed by atoms with van der Waals surface area (Å²) in [6, 6.07) is 8.84. The molecule has 1 aliphatic rings. The van der Waals surface area contributed by atoms with Crippen molar-refractivity contribution < 1.29 is 17.6 Å². The fraction of sp³-hybridized carbons (Fsp3) is 0.409. The molecule has 0 radical (unpaired) electrons. The molecule has 1 saturated heterocycles. The van der Waals surface area contributed by atoms with E-state index in [-0.39, 0.29) is 32.6 Å². The molecule has 2 aromatic rings. The Morgan fingerprint density at radius 2 is 1.74 bits per heavy atom. The normalized spacial score (nSPS) is 15.5. The van der Waals surface area contributed by atoms with Crippen molar-refractivity contribution >= 4 is 33.2 Å². The van der Waals surface area contributed by atoms with Crippen LogP contribution in [-0.4, -0.2) is 44.4 Å². The summed E-state index contributed by atoms with van der Waals surface area (Å²) in [6.07, 6.45) is 3.55. The molecule has 0 aromatic heterocycles. The molecule has 168 valence electrons. The molecule has 9 heteroatoms. The molecule has 1 fully saturated rings. The Hall–Kier alpha value is -2.16. The molecule has 0 spiro atoms. The van der Waals surface area contributed by atoms with Gasteiger partial charge in [0.05, 0.1) is 15.6 Å². The Balaban J connectivity index is 1.71. The molecule has 31 heavy (non-hydrogen) atoms. The first-order chi connectivity index (χ1) is 14.6. The van der Waals surface area contributed by atoms with Crippen LogP contribution in [0.1, 0.15) is 43.5 Å². The Bertz CT molecular complexity index is 1040. The maximum atomic E-state index is 13.1. The van der Waals surface area contributed by atoms with E-state index in [0.29, 0.717) is 6.54 Å². The summed E-state index contributed by atoms with van der Waals surface area (Å²) >= 11 is 6.15. The van der Waals surface area contributed by atoms with Gasteiger partial charge in [-0.3, -0.25) is 14.4 Å². The quantitative estimate of drug-likeness (QED) is 0.637. The number of nitrogens with zero attached hydrogens (tertiary/aromatic N) is 1. The van der Waals surface area contributed by atoms with Crippen LogP contribution in [0.15, 0.2) is 47.4 Å². The van der Waals surface area contributed by atoms with Crippen molar-refractivity contribution in [2.75, 3.05) is 24.4 Å². The van der Waals surface area contributed by atoms with Gasteiger partial charge in [0.2, 0.25) is 0 Å². The monoisotopic (exact) mass is 467 g/mol. The molecule has 1 heterocycles. The van der Waals surface area contributed by atoms with E-state index in [0.717, 1.165) is 50.2 Å². The van der Waals surface area contributed by atoms with Gasteiger partial charge < -0.3 is 5.32 Å². The standard InChI is InChI=1S/C22H27ClFN3O3S/c1-22(2,27-12-4-3-5-13-27)15-25-21(28)16-6-11-19(23)20(14-16)26-31(29,30)18-9-7-17(24)8-10-18/h6-11,14,26H,3-5,12-13,15H2,1-2H3,(H,25,28). The zero-order chi connectivity index (χ0) is 22.6. The van der Waals surface area contributed by atoms with Crippen molar-refractivity contribution in [3.8, 4) is 0 Å². The first-order valence-corrected chi connectivity index (χ1v) is 12.1. The third-order valence-electron chi connectivity index (χ3n) is 5.49. The van der Waals surface area contributed by atoms with E-state index in [1.807, 2.05) is 0 Å². The Morgan fingerprint density at radius 3 is 2.39 bits per heavy atom. The Morgan fingerprint density at radius 1 is 1.10 bits per heavy atom. The van der Waals surface area contributed by atoms with Crippen LogP contribution < -0.4 is 10.0 Å². The number of halogens is 2. The van der Waals surface area contributed by atoms with E-state index in [9.17, 15) is 17.6 Å². The number of carbonyl (C=O) groups is 1. The van der Waals surface area contributed by atoms with Crippen LogP contribution in [0.4, 0.5) is 10.1 Å². The largest absolute Gasteiger partial charge is 0.350 e. The lowest BCUT2D eigenvalue weighted by atomic mass is 9.98. The number of rotatable bonds is 7. The minimum atomic E-state index is -3.98. The van der Waals surface area contributed by atoms with Crippen molar-refractivity contribution in [2.24, 2.45) is 0 Å². The summed E-state index contributed by atoms with van der Waals surface area (Å²) in [4.78, 5) is 15.0. The van der Waals surface area contributed by atoms with Crippen molar-refractivity contribution in [3.63, 3.8) is 0 Å². The van der Waals surface area contributed by atoms with E-state index in [2.05, 4.69) is 28.8 Å². The molecule has 2 N–H and O–H groups in total. The van der Waals surface area contributed by atoms with E-state index in [1.165, 1.54) is 18.6 Å². The number of amides is 1. The zero-order valence-corrected chi connectivity index (χ0v) is 19.2. The van der Waals surface area contributed by atoms with Crippen LogP contribution in [0.5, 0.6) is 0 Å². The van der Waals surface area contributed by atoms with E-state index in [1.54, 1.807) is 6.07 Å². The lowest BCUT2D eigenvalue weighted by Gasteiger charge is -2.41. The first-order valence-electron chi connectivity index (χ1n) is 10.2. The molecule has 0 saturated carbocycles. The Kier molecular flexibility index (Phi) is 7.24. The van der Waals surface area contributed by atoms with E-state index >= 15 is 0 Å². The number of piperidine rings is 1. The molecular formula is C22H27ClFN3O3S. The molecule has 0 atom stereocenters. The van der Waals surface area contributed by atoms with Gasteiger partial charge in [-0.1, -0.05) is 18.0 Å². The predicted octanol–water partition coefficient (Wildman–Crippen LogP) is 4.27. The smallest absolute Gasteiger partial charge is 0.261 e. The first kappa shape index (κ1) is 23.5. The fourth-order valence-corrected chi connectivity index (χ4v) is 4.86. The van der Waals surface area contributed by atoms with E-state index < -0.39 is 15.8 Å². The maximum Gasteiger partial charge on any atom is 0.261 e. The molecule has 0 unspecified atom stereocenters. The fourth-order valence-electron chi connectivity index (χ4n) is 3.57. The van der Waals surface area contributed by atoms with Crippen LogP contribution >= 0.6 is 11.6 Å². The summed E-state index contributed by atoms with van der Waals surface area (Å²) in [5, 5.41) is 3.09. The predicted molar refractivity (Wildman–Crippen MR) is 120 cm³/mol. The second kappa shape index (κ2) is 9.54. The summed E-state index contributed by atoms with van der Waals surface area (Å²) in [5.74, 6) is -0.855. The minimum Gasteiger partial charge on any atom is -0.350 e. The van der Waals surface area contributed by atoms with Gasteiger partial charge in [-0.15, -0.1) is 0 Å². The van der Waals surface area contributed by atoms with Gasteiger partial charge in [0.1, 0.15) is 5.82 Å². The van der Waals surface area contributed by atoms with Crippen LogP contribution in [0.2, 0.25) is 5.02 Å². The Labute approximate surface area is 187 Å². The molecule has 1 amide bonds. The molecule has 2 aromatic carbocycles. The van der Waals surface area contributed by atoms with Gasteiger partial charge in [0, 0.05) is 17.6 Å². The lowest BCUT2D eigenvalue weighted by Crippen LogP contribution is -2.53. The lowest BCUT2D eigenvalue weighted by molar-refractivity contribution is 0.0797. The average Bonchev–Trinajstić information content (AvgIpc) is 2.74. The van der Waals surface area contributed by atoms with Crippen LogP contribution in [-0.2, 0) is 10.0 Å². The number of likely N-dealkylation sites (tertiary alicyclic amines) is 1. The highest BCUT2D eigenvalue weighted by molar-refractivity contribution is 7.92. The van der Waals surface area contributed by atoms with Gasteiger partial charge in [-0.05, 0) is 82.2 Å². The number of sulfonamides is 1. The molecule has 6 nitrogen and oxygen atoms in total. The number of nitrogens with one attached hydrogen (secondary N) is 2. The van der Waals surface area contributed by atoms with Gasteiger partial charge in [0.25, 0.3) is 15.9 Å². The molecular weight excluding hydrogens is 441 g/mol. The number of carbonyl (C=O) groups excluding carboxylic acids is 1. The molecule has 0 aliphatic carbocycles. The number of benzene rings is 2. The van der Waals surface area contributed by atoms with Crippen LogP contribution in [0.3, 0.4) is 0 Å². The second-order valence-electron chi connectivity index (χ2n) is 8.30. The molecule has 3 rings (SSSR count). The summed E-state index contributed by atoms with van der Waals surface area (Å²) in [7, 11) is -3.98. The zero-order valence-electron chi connectivity index (χ0n) is 17.6. The topological polar surface area (TPSA) is 78.5 Å². The summed E-state index contributed by atoms with van der Waals surface area (Å²) in [5.41, 5.74) is 0.180. The minimum absolute atomic E-state index is 0.0777. The van der Waals surface area contributed by atoms with Crippen molar-refractivity contribution in [1.82, 2.24) is 10.2 Å². The third kappa shape index (κ3) is 5.96. The van der Waals surface area contributed by atoms with Gasteiger partial charge in [0.15, 0.2) is 0 Å². The molecule has 1 aliphatic heterocycles. The van der Waals surface area contributed by atoms with Crippen LogP contribution in [0, 0.1) is 5.82 Å². The average molecular weight is 468 g/mol. The van der Waals surface area contributed by atoms with Gasteiger partial charge >= 0.3 is 0 Å². The molecule has 0 bridgehead atoms. The van der Waals surface area contributed by atoms with Crippen molar-refractivity contribution in [2.45, 2.75) is 43.5 Å². The maximum absolute atomic E-state index is 13.1. The third-order valence-corrected chi connectivity index (χ3v) is 7.20. The summed E-state index contributed by atoms with van der Waals surface area (Å²) < 4.78 is 40.6. The van der Waals surface area contributed by atoms with Crippen molar-refractivity contribution in [3.05, 3.63) is 58.9 Å². The number of hydrogen-bond acceptors (Lipinski definition) is 4. The van der Waals surface area contributed by atoms with E-state index in [4.69, 9.17) is 11.6 Å². The SMILES string of the molecule is CC(C)(CNC(=O)c1ccc(Cl)c(NS(=O)(=O)c2ccc(F)cc2)c1)N1CCCCC1. The summed E-state index contributed by atoms with van der Waals surface area (Å²) in [6.45, 7) is 6.69. The highest BCUT2D eigenvalue weighted by Gasteiger charge is 2.28.